The van der Waals surface area contributed by atoms with E-state index >= 15 is 0 Å². The Morgan fingerprint density at radius 1 is 1.48 bits per heavy atom. The number of nitrogens with one attached hydrogen (secondary N) is 2. The number of aryl methyl sites for hydroxylation is 1. The summed E-state index contributed by atoms with van der Waals surface area (Å²) in [5, 5.41) is 10.8. The van der Waals surface area contributed by atoms with Gasteiger partial charge in [-0.25, -0.2) is 9.37 Å². The first-order chi connectivity index (χ1) is 11.9. The molecule has 7 heteroatoms. The van der Waals surface area contributed by atoms with E-state index in [0.29, 0.717) is 17.9 Å². The van der Waals surface area contributed by atoms with Crippen molar-refractivity contribution < 1.29 is 9.18 Å². The second-order valence-electron chi connectivity index (χ2n) is 5.59. The van der Waals surface area contributed by atoms with Crippen molar-refractivity contribution in [2.24, 2.45) is 0 Å². The molecule has 132 valence electrons. The number of allylic oxidation sites excluding steroid dienone is 1. The van der Waals surface area contributed by atoms with Crippen LogP contribution in [0, 0.1) is 18.2 Å². The van der Waals surface area contributed by atoms with Gasteiger partial charge in [0.1, 0.15) is 11.6 Å². The third-order valence-electron chi connectivity index (χ3n) is 3.63. The molecule has 1 aromatic heterocycles. The highest BCUT2D eigenvalue weighted by Crippen LogP contribution is 2.26. The second-order valence-corrected chi connectivity index (χ2v) is 6.39. The van der Waals surface area contributed by atoms with Crippen LogP contribution in [0.3, 0.4) is 0 Å². The summed E-state index contributed by atoms with van der Waals surface area (Å²) in [6.07, 6.45) is 3.11. The molecule has 2 N–H and O–H groups in total. The Morgan fingerprint density at radius 2 is 2.20 bits per heavy atom. The number of hydrogen-bond donors (Lipinski definition) is 2. The number of carbonyl (C=O) groups is 1. The summed E-state index contributed by atoms with van der Waals surface area (Å²) in [5.41, 5.74) is 2.37. The number of ketones is 1. The van der Waals surface area contributed by atoms with Crippen molar-refractivity contribution in [2.45, 2.75) is 27.3 Å². The van der Waals surface area contributed by atoms with E-state index in [1.54, 1.807) is 6.07 Å². The van der Waals surface area contributed by atoms with Crippen molar-refractivity contribution in [2.75, 3.05) is 6.54 Å². The molecule has 0 radical (unpaired) electrons. The molecule has 5 nitrogen and oxygen atoms in total. The van der Waals surface area contributed by atoms with Gasteiger partial charge in [0.25, 0.3) is 0 Å². The van der Waals surface area contributed by atoms with Gasteiger partial charge in [0.2, 0.25) is 0 Å². The van der Waals surface area contributed by atoms with E-state index in [1.165, 1.54) is 25.3 Å². The van der Waals surface area contributed by atoms with E-state index in [-0.39, 0.29) is 11.3 Å². The quantitative estimate of drug-likeness (QED) is 0.413. The average molecular weight is 407 g/mol. The molecular weight excluding hydrogens is 387 g/mol. The molecule has 2 rings (SSSR count). The van der Waals surface area contributed by atoms with Crippen LogP contribution in [0.5, 0.6) is 0 Å². The van der Waals surface area contributed by atoms with Crippen LogP contribution in [0.25, 0.3) is 11.4 Å². The number of carbonyl (C=O) groups excluding carboxylic acids is 1. The summed E-state index contributed by atoms with van der Waals surface area (Å²) in [6, 6.07) is 4.11. The summed E-state index contributed by atoms with van der Waals surface area (Å²) in [6.45, 7) is 6.34. The van der Waals surface area contributed by atoms with Gasteiger partial charge in [0, 0.05) is 35.7 Å². The summed E-state index contributed by atoms with van der Waals surface area (Å²) in [7, 11) is 0. The molecule has 0 unspecified atom stereocenters. The lowest BCUT2D eigenvalue weighted by atomic mass is 10.0. The number of aromatic nitrogens is 2. The van der Waals surface area contributed by atoms with Crippen molar-refractivity contribution in [1.82, 2.24) is 14.9 Å². The monoisotopic (exact) mass is 406 g/mol. The van der Waals surface area contributed by atoms with E-state index in [4.69, 9.17) is 5.41 Å². The van der Waals surface area contributed by atoms with Crippen LogP contribution in [0.15, 0.2) is 34.6 Å². The van der Waals surface area contributed by atoms with Crippen molar-refractivity contribution >= 4 is 27.9 Å². The van der Waals surface area contributed by atoms with Gasteiger partial charge in [-0.3, -0.25) is 4.79 Å². The maximum absolute atomic E-state index is 13.6. The molecule has 1 aromatic carbocycles. The predicted octanol–water partition coefficient (Wildman–Crippen LogP) is 4.07. The molecule has 0 atom stereocenters. The maximum Gasteiger partial charge on any atom is 0.160 e. The van der Waals surface area contributed by atoms with Crippen LogP contribution in [0.4, 0.5) is 4.39 Å². The fraction of sp³-hybridized carbons (Fsp3) is 0.278. The lowest BCUT2D eigenvalue weighted by molar-refractivity contribution is 0.101. The summed E-state index contributed by atoms with van der Waals surface area (Å²) < 4.78 is 16.1. The third-order valence-corrected chi connectivity index (χ3v) is 4.42. The third kappa shape index (κ3) is 4.42. The van der Waals surface area contributed by atoms with Crippen molar-refractivity contribution in [3.05, 3.63) is 51.6 Å². The molecule has 0 saturated carbocycles. The predicted molar refractivity (Wildman–Crippen MR) is 101 cm³/mol. The first kappa shape index (κ1) is 19.1. The molecule has 25 heavy (non-hydrogen) atoms. The van der Waals surface area contributed by atoms with Gasteiger partial charge in [-0.2, -0.15) is 0 Å². The number of halogens is 2. The minimum absolute atomic E-state index is 0.224. The Morgan fingerprint density at radius 3 is 2.80 bits per heavy atom. The topological polar surface area (TPSA) is 70.8 Å². The van der Waals surface area contributed by atoms with Crippen LogP contribution in [-0.4, -0.2) is 28.1 Å². The number of benzene rings is 1. The summed E-state index contributed by atoms with van der Waals surface area (Å²) in [5.74, 6) is -0.115. The van der Waals surface area contributed by atoms with Crippen molar-refractivity contribution in [3.8, 4) is 11.4 Å². The Kier molecular flexibility index (Phi) is 6.25. The van der Waals surface area contributed by atoms with Gasteiger partial charge in [-0.05, 0) is 54.9 Å². The van der Waals surface area contributed by atoms with E-state index in [9.17, 15) is 9.18 Å². The van der Waals surface area contributed by atoms with Gasteiger partial charge in [0.15, 0.2) is 5.78 Å². The SMILES string of the molecule is CCN/C(Br)=C(\C=N)Cn1cc(C)nc1-c1ccc(F)cc1C(C)=O. The van der Waals surface area contributed by atoms with Gasteiger partial charge in [-0.15, -0.1) is 0 Å². The highest BCUT2D eigenvalue weighted by Gasteiger charge is 2.17. The molecule has 0 fully saturated rings. The minimum atomic E-state index is -0.459. The van der Waals surface area contributed by atoms with Gasteiger partial charge in [-0.1, -0.05) is 0 Å². The number of rotatable bonds is 7. The normalized spacial score (nSPS) is 11.9. The molecule has 2 aromatic rings. The molecule has 0 aliphatic rings. The van der Waals surface area contributed by atoms with E-state index in [2.05, 4.69) is 26.2 Å². The fourth-order valence-corrected chi connectivity index (χ4v) is 3.04. The molecule has 0 amide bonds. The Balaban J connectivity index is 2.55. The molecule has 0 bridgehead atoms. The number of hydrogen-bond acceptors (Lipinski definition) is 4. The number of imidazole rings is 1. The lowest BCUT2D eigenvalue weighted by Crippen LogP contribution is -2.14. The lowest BCUT2D eigenvalue weighted by Gasteiger charge is -2.13. The molecule has 0 aliphatic heterocycles. The zero-order valence-corrected chi connectivity index (χ0v) is 15.9. The highest BCUT2D eigenvalue weighted by molar-refractivity contribution is 9.11. The maximum atomic E-state index is 13.6. The Bertz CT molecular complexity index is 842. The average Bonchev–Trinajstić information content (AvgIpc) is 2.92. The van der Waals surface area contributed by atoms with Crippen LogP contribution >= 0.6 is 15.9 Å². The van der Waals surface area contributed by atoms with Gasteiger partial charge in [0.05, 0.1) is 16.8 Å². The zero-order chi connectivity index (χ0) is 18.6. The Hall–Kier alpha value is -2.28. The molecule has 0 aliphatic carbocycles. The van der Waals surface area contributed by atoms with E-state index < -0.39 is 5.82 Å². The first-order valence-corrected chi connectivity index (χ1v) is 8.64. The number of Topliss-reactive ketones (excluding diaryl/α,β-unsaturated/α-hetero) is 1. The minimum Gasteiger partial charge on any atom is -0.379 e. The number of nitrogens with zero attached hydrogens (tertiary/aromatic N) is 2. The molecular formula is C18H20BrFN4O. The fourth-order valence-electron chi connectivity index (χ4n) is 2.52. The van der Waals surface area contributed by atoms with E-state index in [0.717, 1.165) is 22.4 Å². The first-order valence-electron chi connectivity index (χ1n) is 7.85. The van der Waals surface area contributed by atoms with Crippen molar-refractivity contribution in [3.63, 3.8) is 0 Å². The van der Waals surface area contributed by atoms with Gasteiger partial charge < -0.3 is 15.3 Å². The smallest absolute Gasteiger partial charge is 0.160 e. The zero-order valence-electron chi connectivity index (χ0n) is 14.4. The molecule has 1 heterocycles. The second kappa shape index (κ2) is 8.20. The molecule has 0 saturated heterocycles. The van der Waals surface area contributed by atoms with Crippen LogP contribution in [0.2, 0.25) is 0 Å². The van der Waals surface area contributed by atoms with E-state index in [1.807, 2.05) is 24.6 Å². The van der Waals surface area contributed by atoms with Crippen LogP contribution in [-0.2, 0) is 6.54 Å². The largest absolute Gasteiger partial charge is 0.379 e. The summed E-state index contributed by atoms with van der Waals surface area (Å²) in [4.78, 5) is 16.4. The standard InChI is InChI=1S/C18H20BrFN4O/c1-4-22-17(19)13(8-21)10-24-9-11(2)23-18(24)15-6-5-14(20)7-16(15)12(3)25/h5-9,21-22H,4,10H2,1-3H3/b17-13+,21-8?. The summed E-state index contributed by atoms with van der Waals surface area (Å²) >= 11 is 3.44. The Labute approximate surface area is 154 Å². The van der Waals surface area contributed by atoms with Crippen molar-refractivity contribution in [1.29, 1.82) is 5.41 Å². The van der Waals surface area contributed by atoms with Crippen LogP contribution < -0.4 is 5.32 Å². The van der Waals surface area contributed by atoms with Gasteiger partial charge >= 0.3 is 0 Å². The highest BCUT2D eigenvalue weighted by atomic mass is 79.9. The van der Waals surface area contributed by atoms with Crippen LogP contribution in [0.1, 0.15) is 29.9 Å². The molecule has 0 spiro atoms.